The molecule has 0 saturated heterocycles. The Morgan fingerprint density at radius 2 is 2.25 bits per heavy atom. The molecule has 0 aromatic carbocycles. The Balaban J connectivity index is 0. The molecule has 0 atom stereocenters. The van der Waals surface area contributed by atoms with Crippen molar-refractivity contribution in [3.05, 3.63) is 0 Å². The Morgan fingerprint density at radius 3 is 2.38 bits per heavy atom. The zero-order chi connectivity index (χ0) is 5.70. The van der Waals surface area contributed by atoms with Crippen molar-refractivity contribution in [2.45, 2.75) is 6.92 Å². The number of hydrogen-bond donors (Lipinski definition) is 1. The second-order valence-corrected chi connectivity index (χ2v) is 1.39. The molecule has 0 bridgehead atoms. The predicted molar refractivity (Wildman–Crippen MR) is 33.3 cm³/mol. The van der Waals surface area contributed by atoms with Crippen molar-refractivity contribution in [3.8, 4) is 0 Å². The molecule has 1 N–H and O–H groups in total. The summed E-state index contributed by atoms with van der Waals surface area (Å²) in [5, 5.41) is 3.27. The van der Waals surface area contributed by atoms with Gasteiger partial charge in [0.25, 0.3) is 5.17 Å². The number of methoxy groups -OCH3 is 1. The Hall–Kier alpha value is 0.209. The molecule has 0 aromatic heterocycles. The molecule has 0 aliphatic heterocycles. The Labute approximate surface area is 65.5 Å². The largest absolute Gasteiger partial charge is 0.474 e. The second-order valence-electron chi connectivity index (χ2n) is 1.02. The van der Waals surface area contributed by atoms with E-state index in [1.807, 2.05) is 6.92 Å². The van der Waals surface area contributed by atoms with E-state index in [0.29, 0.717) is 5.17 Å². The number of rotatable bonds is 1. The van der Waals surface area contributed by atoms with Crippen LogP contribution in [0, 0.1) is 0 Å². The molecular formula is C4H9CuNOS. The van der Waals surface area contributed by atoms with E-state index in [1.165, 1.54) is 0 Å². The van der Waals surface area contributed by atoms with Gasteiger partial charge >= 0.3 is 0 Å². The summed E-state index contributed by atoms with van der Waals surface area (Å²) in [7, 11) is 1.55. The van der Waals surface area contributed by atoms with E-state index in [-0.39, 0.29) is 17.1 Å². The van der Waals surface area contributed by atoms with Gasteiger partial charge < -0.3 is 10.1 Å². The zero-order valence-electron chi connectivity index (χ0n) is 4.83. The maximum atomic E-state index is 4.62. The van der Waals surface area contributed by atoms with Gasteiger partial charge in [-0.05, 0) is 19.1 Å². The van der Waals surface area contributed by atoms with Crippen LogP contribution in [-0.2, 0) is 21.8 Å². The minimum absolute atomic E-state index is 0. The first-order valence-corrected chi connectivity index (χ1v) is 2.54. The van der Waals surface area contributed by atoms with Gasteiger partial charge in [-0.15, -0.1) is 0 Å². The van der Waals surface area contributed by atoms with Gasteiger partial charge in [-0.2, -0.15) is 0 Å². The standard InChI is InChI=1S/C4H9NOS.Cu/c1-3-5-4(7)6-2;/h3H2,1-2H3,(H,5,7);. The number of hydrogen-bond acceptors (Lipinski definition) is 2. The summed E-state index contributed by atoms with van der Waals surface area (Å²) >= 11 is 4.62. The first kappa shape index (κ1) is 11.1. The van der Waals surface area contributed by atoms with Crippen LogP contribution in [0.25, 0.3) is 0 Å². The number of ether oxygens (including phenoxy) is 1. The van der Waals surface area contributed by atoms with Gasteiger partial charge in [0.1, 0.15) is 0 Å². The van der Waals surface area contributed by atoms with Crippen LogP contribution < -0.4 is 5.32 Å². The van der Waals surface area contributed by atoms with Gasteiger partial charge in [-0.3, -0.25) is 0 Å². The predicted octanol–water partition coefficient (Wildman–Crippen LogP) is 0.525. The Morgan fingerprint density at radius 1 is 1.75 bits per heavy atom. The molecule has 53 valence electrons. The van der Waals surface area contributed by atoms with E-state index < -0.39 is 0 Å². The number of nitrogens with one attached hydrogen (secondary N) is 1. The molecule has 0 amide bonds. The molecule has 0 unspecified atom stereocenters. The average Bonchev–Trinajstić information content (AvgIpc) is 1.68. The molecule has 0 heterocycles. The molecule has 2 nitrogen and oxygen atoms in total. The smallest absolute Gasteiger partial charge is 0.256 e. The summed E-state index contributed by atoms with van der Waals surface area (Å²) in [6.07, 6.45) is 0. The van der Waals surface area contributed by atoms with Crippen LogP contribution in [0.2, 0.25) is 0 Å². The van der Waals surface area contributed by atoms with Crippen LogP contribution in [-0.4, -0.2) is 18.8 Å². The fourth-order valence-corrected chi connectivity index (χ4v) is 0.361. The average molecular weight is 183 g/mol. The third kappa shape index (κ3) is 6.21. The van der Waals surface area contributed by atoms with Crippen LogP contribution in [0.5, 0.6) is 0 Å². The molecule has 1 radical (unpaired) electrons. The van der Waals surface area contributed by atoms with E-state index in [0.717, 1.165) is 6.54 Å². The molecule has 0 fully saturated rings. The van der Waals surface area contributed by atoms with Crippen molar-refractivity contribution in [1.29, 1.82) is 0 Å². The normalized spacial score (nSPS) is 6.75. The zero-order valence-corrected chi connectivity index (χ0v) is 6.58. The molecule has 0 spiro atoms. The Bertz CT molecular complexity index is 69.1. The quantitative estimate of drug-likeness (QED) is 0.472. The van der Waals surface area contributed by atoms with Crippen LogP contribution in [0.3, 0.4) is 0 Å². The molecule has 0 aromatic rings. The number of thiocarbonyl (C=S) groups is 1. The summed E-state index contributed by atoms with van der Waals surface area (Å²) < 4.78 is 4.61. The fraction of sp³-hybridized carbons (Fsp3) is 0.750. The van der Waals surface area contributed by atoms with Crippen LogP contribution in [0.4, 0.5) is 0 Å². The van der Waals surface area contributed by atoms with Crippen molar-refractivity contribution in [2.75, 3.05) is 13.7 Å². The first-order chi connectivity index (χ1) is 3.31. The van der Waals surface area contributed by atoms with Gasteiger partial charge in [0, 0.05) is 23.6 Å². The van der Waals surface area contributed by atoms with E-state index in [2.05, 4.69) is 22.3 Å². The third-order valence-corrected chi connectivity index (χ3v) is 0.818. The van der Waals surface area contributed by atoms with Crippen molar-refractivity contribution >= 4 is 17.4 Å². The summed E-state index contributed by atoms with van der Waals surface area (Å²) in [4.78, 5) is 0. The summed E-state index contributed by atoms with van der Waals surface area (Å²) in [6.45, 7) is 2.79. The molecular weight excluding hydrogens is 174 g/mol. The van der Waals surface area contributed by atoms with Gasteiger partial charge in [-0.1, -0.05) is 0 Å². The van der Waals surface area contributed by atoms with E-state index in [4.69, 9.17) is 0 Å². The summed E-state index contributed by atoms with van der Waals surface area (Å²) in [6, 6.07) is 0. The van der Waals surface area contributed by atoms with Crippen LogP contribution >= 0.6 is 12.2 Å². The van der Waals surface area contributed by atoms with E-state index in [9.17, 15) is 0 Å². The van der Waals surface area contributed by atoms with Crippen molar-refractivity contribution in [2.24, 2.45) is 0 Å². The molecule has 4 heteroatoms. The van der Waals surface area contributed by atoms with Gasteiger partial charge in [0.2, 0.25) is 0 Å². The van der Waals surface area contributed by atoms with Gasteiger partial charge in [-0.25, -0.2) is 0 Å². The van der Waals surface area contributed by atoms with Crippen LogP contribution in [0.1, 0.15) is 6.92 Å². The summed E-state index contributed by atoms with van der Waals surface area (Å²) in [5.41, 5.74) is 0. The molecule has 0 aliphatic carbocycles. The van der Waals surface area contributed by atoms with Crippen molar-refractivity contribution in [1.82, 2.24) is 5.32 Å². The molecule has 0 aliphatic rings. The monoisotopic (exact) mass is 182 g/mol. The molecule has 8 heavy (non-hydrogen) atoms. The topological polar surface area (TPSA) is 21.3 Å². The van der Waals surface area contributed by atoms with Crippen LogP contribution in [0.15, 0.2) is 0 Å². The maximum absolute atomic E-state index is 4.62. The Kier molecular flexibility index (Phi) is 9.97. The second kappa shape index (κ2) is 7.21. The van der Waals surface area contributed by atoms with E-state index in [1.54, 1.807) is 7.11 Å². The van der Waals surface area contributed by atoms with Gasteiger partial charge in [0.05, 0.1) is 7.11 Å². The summed E-state index contributed by atoms with van der Waals surface area (Å²) in [5.74, 6) is 0. The third-order valence-electron chi connectivity index (χ3n) is 0.507. The van der Waals surface area contributed by atoms with E-state index >= 15 is 0 Å². The maximum Gasteiger partial charge on any atom is 0.256 e. The molecule has 0 saturated carbocycles. The minimum atomic E-state index is 0. The fourth-order valence-electron chi connectivity index (χ4n) is 0.217. The molecule has 0 rings (SSSR count). The minimum Gasteiger partial charge on any atom is -0.474 e. The first-order valence-electron chi connectivity index (χ1n) is 2.13. The van der Waals surface area contributed by atoms with Crippen molar-refractivity contribution in [3.63, 3.8) is 0 Å². The SMILES string of the molecule is CCNC(=S)OC.[Cu]. The van der Waals surface area contributed by atoms with Crippen molar-refractivity contribution < 1.29 is 21.8 Å². The van der Waals surface area contributed by atoms with Gasteiger partial charge in [0.15, 0.2) is 0 Å².